The van der Waals surface area contributed by atoms with Crippen molar-refractivity contribution in [1.29, 1.82) is 0 Å². The summed E-state index contributed by atoms with van der Waals surface area (Å²) in [6.07, 6.45) is 6.29. The number of carbonyl (C=O) groups is 2. The number of urea groups is 1. The number of amides is 2. The molecule has 2 aliphatic rings. The number of thioether (sulfide) groups is 1. The fourth-order valence-corrected chi connectivity index (χ4v) is 5.41. The van der Waals surface area contributed by atoms with Crippen LogP contribution in [-0.2, 0) is 9.53 Å². The number of hydrogen-bond acceptors (Lipinski definition) is 6. The summed E-state index contributed by atoms with van der Waals surface area (Å²) in [5.74, 6) is 0.402. The Balaban J connectivity index is 1.66. The van der Waals surface area contributed by atoms with E-state index in [2.05, 4.69) is 22.1 Å². The lowest BCUT2D eigenvalue weighted by molar-refractivity contribution is -0.139. The second-order valence-electron chi connectivity index (χ2n) is 7.82. The van der Waals surface area contributed by atoms with Gasteiger partial charge in [0.25, 0.3) is 0 Å². The van der Waals surface area contributed by atoms with Crippen molar-refractivity contribution in [2.75, 3.05) is 12.4 Å². The van der Waals surface area contributed by atoms with Crippen LogP contribution in [0.25, 0.3) is 0 Å². The predicted octanol–water partition coefficient (Wildman–Crippen LogP) is 4.17. The van der Waals surface area contributed by atoms with E-state index < -0.39 is 12.0 Å². The van der Waals surface area contributed by atoms with Gasteiger partial charge in [0.15, 0.2) is 5.16 Å². The number of furan rings is 1. The van der Waals surface area contributed by atoms with Gasteiger partial charge in [0.1, 0.15) is 11.8 Å². The Morgan fingerprint density at radius 3 is 2.81 bits per heavy atom. The maximum Gasteiger partial charge on any atom is 0.338 e. The molecular weight excluding hydrogens is 416 g/mol. The number of aromatic nitrogens is 2. The highest BCUT2D eigenvalue weighted by Crippen LogP contribution is 2.36. The number of rotatable bonds is 7. The van der Waals surface area contributed by atoms with Crippen LogP contribution < -0.4 is 10.6 Å². The summed E-state index contributed by atoms with van der Waals surface area (Å²) in [5.41, 5.74) is 3.06. The molecule has 2 aromatic rings. The normalized spacial score (nSPS) is 19.5. The summed E-state index contributed by atoms with van der Waals surface area (Å²) in [6.45, 7) is 6.13. The summed E-state index contributed by atoms with van der Waals surface area (Å²) in [4.78, 5) is 30.0. The first-order valence-corrected chi connectivity index (χ1v) is 11.7. The molecule has 1 aliphatic carbocycles. The van der Waals surface area contributed by atoms with Crippen molar-refractivity contribution in [3.8, 4) is 0 Å². The molecule has 1 fully saturated rings. The van der Waals surface area contributed by atoms with Gasteiger partial charge in [-0.25, -0.2) is 14.6 Å². The van der Waals surface area contributed by atoms with Crippen molar-refractivity contribution in [3.63, 3.8) is 0 Å². The van der Waals surface area contributed by atoms with E-state index in [9.17, 15) is 9.59 Å². The van der Waals surface area contributed by atoms with Gasteiger partial charge in [-0.15, -0.1) is 0 Å². The first-order valence-electron chi connectivity index (χ1n) is 10.7. The third kappa shape index (κ3) is 4.37. The maximum atomic E-state index is 12.8. The van der Waals surface area contributed by atoms with E-state index in [-0.39, 0.29) is 12.6 Å². The van der Waals surface area contributed by atoms with Crippen molar-refractivity contribution in [2.45, 2.75) is 63.7 Å². The Morgan fingerprint density at radius 1 is 1.35 bits per heavy atom. The lowest BCUT2D eigenvalue weighted by Crippen LogP contribution is -2.46. The summed E-state index contributed by atoms with van der Waals surface area (Å²) in [5, 5.41) is 6.50. The molecule has 1 saturated carbocycles. The Bertz CT molecular complexity index is 990. The summed E-state index contributed by atoms with van der Waals surface area (Å²) in [6, 6.07) is 2.85. The van der Waals surface area contributed by atoms with Crippen LogP contribution in [-0.4, -0.2) is 33.9 Å². The third-order valence-electron chi connectivity index (χ3n) is 5.87. The van der Waals surface area contributed by atoms with Crippen LogP contribution in [0, 0.1) is 13.8 Å². The molecule has 3 heterocycles. The first-order chi connectivity index (χ1) is 15.0. The van der Waals surface area contributed by atoms with Gasteiger partial charge < -0.3 is 24.4 Å². The monoisotopic (exact) mass is 444 g/mol. The van der Waals surface area contributed by atoms with Crippen molar-refractivity contribution < 1.29 is 18.7 Å². The Morgan fingerprint density at radius 2 is 2.13 bits per heavy atom. The average Bonchev–Trinajstić information content (AvgIpc) is 3.49. The molecule has 0 bridgehead atoms. The van der Waals surface area contributed by atoms with Crippen molar-refractivity contribution >= 4 is 23.8 Å². The summed E-state index contributed by atoms with van der Waals surface area (Å²) < 4.78 is 13.1. The van der Waals surface area contributed by atoms with Crippen LogP contribution in [0.15, 0.2) is 39.2 Å². The molecule has 2 N–H and O–H groups in total. The van der Waals surface area contributed by atoms with Crippen LogP contribution in [0.4, 0.5) is 4.79 Å². The number of nitrogens with one attached hydrogen (secondary N) is 2. The minimum Gasteiger partial charge on any atom is -0.467 e. The highest BCUT2D eigenvalue weighted by molar-refractivity contribution is 7.99. The van der Waals surface area contributed by atoms with Gasteiger partial charge >= 0.3 is 12.0 Å². The average molecular weight is 445 g/mol. The zero-order chi connectivity index (χ0) is 22.0. The zero-order valence-electron chi connectivity index (χ0n) is 18.1. The Kier molecular flexibility index (Phi) is 6.41. The van der Waals surface area contributed by atoms with Gasteiger partial charge in [-0.05, 0) is 45.7 Å². The molecule has 166 valence electrons. The number of ether oxygens (including phenoxy) is 1. The standard InChI is InChI=1S/C22H28N4O4S/c1-4-29-20(27)18-16(24-21(28)25-19(18)17-10-7-11-30-17)12-31-22-23-13(2)14(3)26(22)15-8-5-6-9-15/h7,10-11,15,19H,4-6,8-9,12H2,1-3H3,(H2,24,25,28). The van der Waals surface area contributed by atoms with Crippen molar-refractivity contribution in [3.05, 3.63) is 46.8 Å². The third-order valence-corrected chi connectivity index (χ3v) is 6.85. The number of esters is 1. The van der Waals surface area contributed by atoms with E-state index in [1.165, 1.54) is 36.6 Å². The minimum absolute atomic E-state index is 0.242. The van der Waals surface area contributed by atoms with E-state index >= 15 is 0 Å². The second kappa shape index (κ2) is 9.21. The summed E-state index contributed by atoms with van der Waals surface area (Å²) in [7, 11) is 0. The second-order valence-corrected chi connectivity index (χ2v) is 8.76. The van der Waals surface area contributed by atoms with Crippen molar-refractivity contribution in [2.24, 2.45) is 0 Å². The van der Waals surface area contributed by atoms with Gasteiger partial charge in [-0.3, -0.25) is 0 Å². The largest absolute Gasteiger partial charge is 0.467 e. The molecule has 2 amide bonds. The zero-order valence-corrected chi connectivity index (χ0v) is 18.9. The van der Waals surface area contributed by atoms with Gasteiger partial charge in [0.2, 0.25) is 0 Å². The molecule has 2 aromatic heterocycles. The number of nitrogens with zero attached hydrogens (tertiary/aromatic N) is 2. The molecule has 31 heavy (non-hydrogen) atoms. The highest BCUT2D eigenvalue weighted by atomic mass is 32.2. The number of imidazole rings is 1. The van der Waals surface area contributed by atoms with Gasteiger partial charge in [0.05, 0.1) is 24.1 Å². The Labute approximate surface area is 185 Å². The maximum absolute atomic E-state index is 12.8. The topological polar surface area (TPSA) is 98.4 Å². The fraction of sp³-hybridized carbons (Fsp3) is 0.500. The minimum atomic E-state index is -0.698. The lowest BCUT2D eigenvalue weighted by atomic mass is 10.0. The first kappa shape index (κ1) is 21.5. The molecule has 4 rings (SSSR count). The molecule has 9 heteroatoms. The quantitative estimate of drug-likeness (QED) is 0.491. The van der Waals surface area contributed by atoms with E-state index in [4.69, 9.17) is 14.1 Å². The highest BCUT2D eigenvalue weighted by Gasteiger charge is 2.35. The number of hydrogen-bond donors (Lipinski definition) is 2. The van der Waals surface area contributed by atoms with E-state index in [1.54, 1.807) is 19.1 Å². The van der Waals surface area contributed by atoms with Crippen LogP contribution in [0.2, 0.25) is 0 Å². The predicted molar refractivity (Wildman–Crippen MR) is 117 cm³/mol. The molecule has 0 radical (unpaired) electrons. The molecule has 0 aromatic carbocycles. The van der Waals surface area contributed by atoms with Crippen LogP contribution in [0.5, 0.6) is 0 Å². The molecule has 0 spiro atoms. The van der Waals surface area contributed by atoms with Crippen LogP contribution in [0.3, 0.4) is 0 Å². The van der Waals surface area contributed by atoms with Gasteiger partial charge in [-0.2, -0.15) is 0 Å². The van der Waals surface area contributed by atoms with Gasteiger partial charge in [-0.1, -0.05) is 24.6 Å². The van der Waals surface area contributed by atoms with E-state index in [0.29, 0.717) is 28.8 Å². The van der Waals surface area contributed by atoms with E-state index in [1.807, 2.05) is 6.92 Å². The summed E-state index contributed by atoms with van der Waals surface area (Å²) >= 11 is 1.53. The molecule has 0 saturated heterocycles. The van der Waals surface area contributed by atoms with Crippen LogP contribution in [0.1, 0.15) is 61.8 Å². The SMILES string of the molecule is CCOC(=O)C1=C(CSc2nc(C)c(C)n2C2CCCC2)NC(=O)NC1c1ccco1. The lowest BCUT2D eigenvalue weighted by Gasteiger charge is -2.27. The van der Waals surface area contributed by atoms with E-state index in [0.717, 1.165) is 23.7 Å². The Hall–Kier alpha value is -2.68. The number of aryl methyl sites for hydroxylation is 1. The smallest absolute Gasteiger partial charge is 0.338 e. The molecular formula is C22H28N4O4S. The van der Waals surface area contributed by atoms with Crippen molar-refractivity contribution in [1.82, 2.24) is 20.2 Å². The number of carbonyl (C=O) groups excluding carboxylic acids is 2. The molecule has 1 aliphatic heterocycles. The molecule has 1 unspecified atom stereocenters. The van der Waals surface area contributed by atoms with Gasteiger partial charge in [0, 0.05) is 23.2 Å². The fourth-order valence-electron chi connectivity index (χ4n) is 4.28. The van der Waals surface area contributed by atoms with Crippen LogP contribution >= 0.6 is 11.8 Å². The molecule has 8 nitrogen and oxygen atoms in total. The molecule has 1 atom stereocenters.